The van der Waals surface area contributed by atoms with Gasteiger partial charge in [0, 0.05) is 41.5 Å². The maximum Gasteiger partial charge on any atom is 0.337 e. The number of carbonyl (C=O) groups excluding carboxylic acids is 2. The molecular formula is C34H37FN2O6. The molecule has 43 heavy (non-hydrogen) atoms. The van der Waals surface area contributed by atoms with Crippen molar-refractivity contribution < 1.29 is 33.4 Å². The number of fused-ring (bicyclic) bond motifs is 2. The number of benzene rings is 3. The van der Waals surface area contributed by atoms with Gasteiger partial charge in [-0.3, -0.25) is 9.59 Å². The second-order valence-electron chi connectivity index (χ2n) is 12.1. The van der Waals surface area contributed by atoms with Gasteiger partial charge in [-0.05, 0) is 112 Å². The molecular weight excluding hydrogens is 551 g/mol. The zero-order valence-corrected chi connectivity index (χ0v) is 25.4. The summed E-state index contributed by atoms with van der Waals surface area (Å²) in [6.07, 6.45) is 0.485. The Labute approximate surface area is 250 Å². The molecule has 0 saturated carbocycles. The van der Waals surface area contributed by atoms with Gasteiger partial charge < -0.3 is 24.8 Å². The van der Waals surface area contributed by atoms with Gasteiger partial charge in [0.2, 0.25) is 0 Å². The predicted molar refractivity (Wildman–Crippen MR) is 162 cm³/mol. The quantitative estimate of drug-likeness (QED) is 0.370. The summed E-state index contributed by atoms with van der Waals surface area (Å²) in [6, 6.07) is 9.76. The number of aliphatic carboxylic acids is 1. The summed E-state index contributed by atoms with van der Waals surface area (Å²) < 4.78 is 27.4. The first-order chi connectivity index (χ1) is 20.3. The minimum absolute atomic E-state index is 0.242. The number of halogens is 1. The Kier molecular flexibility index (Phi) is 8.05. The lowest BCUT2D eigenvalue weighted by molar-refractivity contribution is -0.160. The maximum atomic E-state index is 15.6. The number of hydrogen-bond donors (Lipinski definition) is 2. The lowest BCUT2D eigenvalue weighted by Gasteiger charge is -2.30. The largest absolute Gasteiger partial charge is 0.490 e. The molecule has 8 nitrogen and oxygen atoms in total. The number of ether oxygens (including phenoxy) is 2. The molecule has 3 aromatic rings. The number of anilines is 1. The molecule has 0 aliphatic carbocycles. The van der Waals surface area contributed by atoms with Crippen LogP contribution >= 0.6 is 0 Å². The molecule has 2 amide bonds. The molecule has 2 heterocycles. The van der Waals surface area contributed by atoms with Crippen LogP contribution in [-0.4, -0.2) is 48.7 Å². The summed E-state index contributed by atoms with van der Waals surface area (Å²) in [4.78, 5) is 40.5. The van der Waals surface area contributed by atoms with Crippen molar-refractivity contribution >= 4 is 23.5 Å². The topological polar surface area (TPSA) is 105 Å². The molecule has 3 aromatic carbocycles. The molecule has 0 aromatic heterocycles. The summed E-state index contributed by atoms with van der Waals surface area (Å²) in [7, 11) is 1.53. The fourth-order valence-corrected chi connectivity index (χ4v) is 6.15. The second kappa shape index (κ2) is 11.4. The highest BCUT2D eigenvalue weighted by molar-refractivity contribution is 6.09. The fourth-order valence-electron chi connectivity index (χ4n) is 6.15. The number of aryl methyl sites for hydroxylation is 1. The van der Waals surface area contributed by atoms with Gasteiger partial charge in [-0.15, -0.1) is 0 Å². The Morgan fingerprint density at radius 1 is 1.07 bits per heavy atom. The minimum atomic E-state index is -1.33. The van der Waals surface area contributed by atoms with Gasteiger partial charge in [-0.2, -0.15) is 0 Å². The monoisotopic (exact) mass is 588 g/mol. The number of nitrogens with one attached hydrogen (secondary N) is 1. The molecule has 0 saturated heterocycles. The standard InChI is InChI=1S/C34H37FN2O6/c1-18-15-26-23(12-13-37(26)32(39)21-10-7-9-20(16-21)31(38)36-6)28(27(18)30(33(40)41)43-34(3,4)5)24-17-25(35)29-22(19(24)2)11-8-14-42-29/h7,9-10,15-17,30H,8,11-14H2,1-6H3,(H,36,38)(H,40,41)/t30-/m0/s1. The van der Waals surface area contributed by atoms with Gasteiger partial charge in [0.25, 0.3) is 11.8 Å². The van der Waals surface area contributed by atoms with Crippen molar-refractivity contribution in [3.8, 4) is 16.9 Å². The van der Waals surface area contributed by atoms with E-state index in [-0.39, 0.29) is 17.6 Å². The zero-order chi connectivity index (χ0) is 31.2. The van der Waals surface area contributed by atoms with Crippen molar-refractivity contribution in [2.45, 2.75) is 65.6 Å². The second-order valence-corrected chi connectivity index (χ2v) is 12.1. The number of amides is 2. The molecule has 0 spiro atoms. The number of rotatable bonds is 6. The van der Waals surface area contributed by atoms with Gasteiger partial charge in [-0.25, -0.2) is 9.18 Å². The summed E-state index contributed by atoms with van der Waals surface area (Å²) in [5.74, 6) is -2.00. The Bertz CT molecular complexity index is 1640. The molecule has 2 N–H and O–H groups in total. The minimum Gasteiger partial charge on any atom is -0.490 e. The highest BCUT2D eigenvalue weighted by Crippen LogP contribution is 2.47. The van der Waals surface area contributed by atoms with Crippen molar-refractivity contribution in [3.05, 3.63) is 81.2 Å². The van der Waals surface area contributed by atoms with Crippen molar-refractivity contribution in [3.63, 3.8) is 0 Å². The molecule has 2 aliphatic heterocycles. The lowest BCUT2D eigenvalue weighted by atomic mass is 9.83. The average molecular weight is 589 g/mol. The van der Waals surface area contributed by atoms with E-state index in [1.165, 1.54) is 13.1 Å². The molecule has 226 valence electrons. The van der Waals surface area contributed by atoms with Crippen LogP contribution in [0.4, 0.5) is 10.1 Å². The van der Waals surface area contributed by atoms with Crippen molar-refractivity contribution in [2.75, 3.05) is 25.1 Å². The first kappa shape index (κ1) is 30.2. The van der Waals surface area contributed by atoms with E-state index in [4.69, 9.17) is 9.47 Å². The molecule has 0 radical (unpaired) electrons. The van der Waals surface area contributed by atoms with Crippen molar-refractivity contribution in [1.82, 2.24) is 5.32 Å². The Hall–Kier alpha value is -4.24. The summed E-state index contributed by atoms with van der Waals surface area (Å²) in [5, 5.41) is 13.0. The fraction of sp³-hybridized carbons (Fsp3) is 0.382. The van der Waals surface area contributed by atoms with Crippen LogP contribution in [0.2, 0.25) is 0 Å². The van der Waals surface area contributed by atoms with Crippen molar-refractivity contribution in [1.29, 1.82) is 0 Å². The molecule has 0 fully saturated rings. The smallest absolute Gasteiger partial charge is 0.337 e. The maximum absolute atomic E-state index is 15.6. The number of carboxylic acids is 1. The van der Waals surface area contributed by atoms with Crippen LogP contribution in [-0.2, 0) is 22.4 Å². The van der Waals surface area contributed by atoms with Gasteiger partial charge in [0.15, 0.2) is 17.7 Å². The average Bonchev–Trinajstić information content (AvgIpc) is 3.39. The van der Waals surface area contributed by atoms with E-state index >= 15 is 4.39 Å². The molecule has 2 aliphatic rings. The van der Waals surface area contributed by atoms with E-state index in [1.807, 2.05) is 13.0 Å². The third-order valence-electron chi connectivity index (χ3n) is 8.04. The molecule has 1 atom stereocenters. The van der Waals surface area contributed by atoms with Gasteiger partial charge in [0.1, 0.15) is 0 Å². The highest BCUT2D eigenvalue weighted by atomic mass is 19.1. The highest BCUT2D eigenvalue weighted by Gasteiger charge is 2.37. The number of carboxylic acid groups (broad SMARTS) is 1. The van der Waals surface area contributed by atoms with Crippen LogP contribution in [0.25, 0.3) is 11.1 Å². The Balaban J connectivity index is 1.74. The normalized spacial score (nSPS) is 14.9. The zero-order valence-electron chi connectivity index (χ0n) is 25.4. The van der Waals surface area contributed by atoms with Crippen LogP contribution in [0, 0.1) is 19.7 Å². The number of hydrogen-bond acceptors (Lipinski definition) is 5. The first-order valence-corrected chi connectivity index (χ1v) is 14.5. The van der Waals surface area contributed by atoms with E-state index in [0.717, 1.165) is 23.1 Å². The van der Waals surface area contributed by atoms with E-state index in [0.29, 0.717) is 65.1 Å². The van der Waals surface area contributed by atoms with Crippen LogP contribution < -0.4 is 15.0 Å². The third-order valence-corrected chi connectivity index (χ3v) is 8.04. The predicted octanol–water partition coefficient (Wildman–Crippen LogP) is 5.94. The molecule has 0 bridgehead atoms. The Morgan fingerprint density at radius 2 is 1.79 bits per heavy atom. The first-order valence-electron chi connectivity index (χ1n) is 14.5. The van der Waals surface area contributed by atoms with Gasteiger partial charge in [0.05, 0.1) is 12.2 Å². The number of carbonyl (C=O) groups is 3. The molecule has 9 heteroatoms. The van der Waals surface area contributed by atoms with Crippen LogP contribution in [0.1, 0.15) is 81.8 Å². The Morgan fingerprint density at radius 3 is 2.47 bits per heavy atom. The van der Waals surface area contributed by atoms with E-state index in [9.17, 15) is 19.5 Å². The van der Waals surface area contributed by atoms with E-state index in [2.05, 4.69) is 5.32 Å². The van der Waals surface area contributed by atoms with Crippen LogP contribution in [0.3, 0.4) is 0 Å². The number of nitrogens with zero attached hydrogens (tertiary/aromatic N) is 1. The van der Waals surface area contributed by atoms with E-state index < -0.39 is 23.5 Å². The summed E-state index contributed by atoms with van der Waals surface area (Å²) in [5.41, 5.74) is 5.08. The SMILES string of the molecule is CNC(=O)c1cccc(C(=O)N2CCc3c2cc(C)c([C@H](OC(C)(C)C)C(=O)O)c3-c2cc(F)c3c(c2C)CCCO3)c1. The molecule has 5 rings (SSSR count). The van der Waals surface area contributed by atoms with Gasteiger partial charge in [-0.1, -0.05) is 6.07 Å². The van der Waals surface area contributed by atoms with Crippen LogP contribution in [0.5, 0.6) is 5.75 Å². The van der Waals surface area contributed by atoms with E-state index in [1.54, 1.807) is 56.9 Å². The summed E-state index contributed by atoms with van der Waals surface area (Å²) in [6.45, 7) is 9.85. The third kappa shape index (κ3) is 5.61. The summed E-state index contributed by atoms with van der Waals surface area (Å²) >= 11 is 0. The molecule has 0 unspecified atom stereocenters. The van der Waals surface area contributed by atoms with Crippen LogP contribution in [0.15, 0.2) is 36.4 Å². The van der Waals surface area contributed by atoms with Gasteiger partial charge >= 0.3 is 5.97 Å². The lowest BCUT2D eigenvalue weighted by Crippen LogP contribution is -2.30. The van der Waals surface area contributed by atoms with Crippen molar-refractivity contribution in [2.24, 2.45) is 0 Å².